The van der Waals surface area contributed by atoms with Gasteiger partial charge in [-0.2, -0.15) is 0 Å². The van der Waals surface area contributed by atoms with Gasteiger partial charge >= 0.3 is 5.97 Å². The second kappa shape index (κ2) is 5.71. The van der Waals surface area contributed by atoms with Crippen LogP contribution in [0.25, 0.3) is 0 Å². The van der Waals surface area contributed by atoms with Crippen LogP contribution in [0.1, 0.15) is 10.4 Å². The lowest BCUT2D eigenvalue weighted by atomic mass is 10.2. The molecule has 0 bridgehead atoms. The predicted octanol–water partition coefficient (Wildman–Crippen LogP) is 0.877. The van der Waals surface area contributed by atoms with Crippen molar-refractivity contribution in [2.24, 2.45) is 0 Å². The van der Waals surface area contributed by atoms with Gasteiger partial charge in [0, 0.05) is 5.56 Å². The number of carboxylic acid groups (broad SMARTS) is 1. The summed E-state index contributed by atoms with van der Waals surface area (Å²) in [6, 6.07) is 8.47. The van der Waals surface area contributed by atoms with Crippen LogP contribution in [0.3, 0.4) is 0 Å². The van der Waals surface area contributed by atoms with Gasteiger partial charge in [-0.05, 0) is 12.1 Å². The van der Waals surface area contributed by atoms with E-state index < -0.39 is 5.97 Å². The molecule has 14 heavy (non-hydrogen) atoms. The maximum Gasteiger partial charge on any atom is 0.322 e. The highest BCUT2D eigenvalue weighted by molar-refractivity contribution is 5.95. The highest BCUT2D eigenvalue weighted by Crippen LogP contribution is 1.96. The highest BCUT2D eigenvalue weighted by Gasteiger charge is 2.04. The topological polar surface area (TPSA) is 103 Å². The molecule has 5 nitrogen and oxygen atoms in total. The highest BCUT2D eigenvalue weighted by atomic mass is 16.4. The number of carbonyl (C=O) groups is 2. The van der Waals surface area contributed by atoms with Crippen molar-refractivity contribution in [1.82, 2.24) is 11.5 Å². The van der Waals surface area contributed by atoms with E-state index in [1.54, 1.807) is 30.3 Å². The minimum Gasteiger partial charge on any atom is -0.480 e. The van der Waals surface area contributed by atoms with E-state index >= 15 is 0 Å². The number of carboxylic acids is 1. The third-order valence-corrected chi connectivity index (χ3v) is 1.44. The molecule has 76 valence electrons. The van der Waals surface area contributed by atoms with Gasteiger partial charge in [0.1, 0.15) is 6.54 Å². The van der Waals surface area contributed by atoms with Crippen LogP contribution in [0.15, 0.2) is 30.3 Å². The third kappa shape index (κ3) is 3.68. The van der Waals surface area contributed by atoms with Crippen LogP contribution in [0, 0.1) is 0 Å². The minimum atomic E-state index is -1.05. The first-order valence-electron chi connectivity index (χ1n) is 3.75. The Morgan fingerprint density at radius 3 is 2.29 bits per heavy atom. The van der Waals surface area contributed by atoms with Crippen molar-refractivity contribution in [3.63, 3.8) is 0 Å². The molecule has 1 rings (SSSR count). The molecule has 0 atom stereocenters. The second-order valence-corrected chi connectivity index (χ2v) is 2.44. The Balaban J connectivity index is 0.00000169. The van der Waals surface area contributed by atoms with Gasteiger partial charge in [-0.15, -0.1) is 0 Å². The zero-order chi connectivity index (χ0) is 9.68. The number of quaternary nitrogens is 1. The van der Waals surface area contributed by atoms with Gasteiger partial charge in [0.2, 0.25) is 0 Å². The average molecular weight is 197 g/mol. The summed E-state index contributed by atoms with van der Waals surface area (Å²) in [5, 5.41) is 10.6. The number of nitrogens with one attached hydrogen (secondary N) is 1. The molecule has 0 saturated heterocycles. The number of benzene rings is 1. The van der Waals surface area contributed by atoms with Crippen molar-refractivity contribution in [2.75, 3.05) is 6.54 Å². The Morgan fingerprint density at radius 1 is 1.21 bits per heavy atom. The van der Waals surface area contributed by atoms with Gasteiger partial charge in [-0.1, -0.05) is 18.2 Å². The zero-order valence-electron chi connectivity index (χ0n) is 7.86. The molecule has 0 fully saturated rings. The molecule has 0 spiro atoms. The first-order valence-corrected chi connectivity index (χ1v) is 3.75. The Bertz CT molecular complexity index is 311. The monoisotopic (exact) mass is 197 g/mol. The zero-order valence-corrected chi connectivity index (χ0v) is 7.86. The van der Waals surface area contributed by atoms with E-state index in [2.05, 4.69) is 5.32 Å². The Labute approximate surface area is 81.3 Å². The Hall–Kier alpha value is -1.88. The van der Waals surface area contributed by atoms with Gasteiger partial charge < -0.3 is 16.6 Å². The molecule has 0 aliphatic rings. The Morgan fingerprint density at radius 2 is 1.79 bits per heavy atom. The predicted molar refractivity (Wildman–Crippen MR) is 52.4 cm³/mol. The standard InChI is InChI=1S/C9H9NO3.H3N/c11-8(12)6-10-9(13)7-4-2-1-3-5-7;/h1-5H,6H2,(H,10,13)(H,11,12);1H3/p+1. The van der Waals surface area contributed by atoms with Gasteiger partial charge in [-0.25, -0.2) is 0 Å². The van der Waals surface area contributed by atoms with Crippen molar-refractivity contribution in [2.45, 2.75) is 0 Å². The summed E-state index contributed by atoms with van der Waals surface area (Å²) >= 11 is 0. The maximum absolute atomic E-state index is 11.2. The molecule has 0 saturated carbocycles. The fraction of sp³-hybridized carbons (Fsp3) is 0.111. The molecular weight excluding hydrogens is 184 g/mol. The molecule has 0 aromatic heterocycles. The van der Waals surface area contributed by atoms with Crippen molar-refractivity contribution in [1.29, 1.82) is 0 Å². The molecule has 1 amide bonds. The first-order chi connectivity index (χ1) is 6.20. The van der Waals surface area contributed by atoms with E-state index in [1.807, 2.05) is 0 Å². The minimum absolute atomic E-state index is 0. The van der Waals surface area contributed by atoms with E-state index in [0.29, 0.717) is 5.56 Å². The third-order valence-electron chi connectivity index (χ3n) is 1.44. The average Bonchev–Trinajstić information content (AvgIpc) is 2.15. The molecular formula is C9H13N2O3+. The number of hydrogen-bond donors (Lipinski definition) is 3. The van der Waals surface area contributed by atoms with E-state index in [0.717, 1.165) is 0 Å². The van der Waals surface area contributed by atoms with Crippen LogP contribution in [0.5, 0.6) is 0 Å². The van der Waals surface area contributed by atoms with Crippen molar-refractivity contribution >= 4 is 11.9 Å². The SMILES string of the molecule is O=C(O)CNC(=O)c1ccccc1.[NH4+]. The number of rotatable bonds is 3. The molecule has 1 aromatic carbocycles. The second-order valence-electron chi connectivity index (χ2n) is 2.44. The van der Waals surface area contributed by atoms with E-state index in [1.165, 1.54) is 0 Å². The quantitative estimate of drug-likeness (QED) is 0.669. The van der Waals surface area contributed by atoms with Gasteiger partial charge in [0.15, 0.2) is 0 Å². The normalized spacial score (nSPS) is 8.57. The van der Waals surface area contributed by atoms with E-state index in [9.17, 15) is 9.59 Å². The van der Waals surface area contributed by atoms with Crippen LogP contribution in [-0.4, -0.2) is 23.5 Å². The summed E-state index contributed by atoms with van der Waals surface area (Å²) in [4.78, 5) is 21.3. The summed E-state index contributed by atoms with van der Waals surface area (Å²) in [5.41, 5.74) is 0.462. The van der Waals surface area contributed by atoms with Crippen molar-refractivity contribution < 1.29 is 14.7 Å². The fourth-order valence-electron chi connectivity index (χ4n) is 0.847. The van der Waals surface area contributed by atoms with Crippen molar-refractivity contribution in [3.05, 3.63) is 35.9 Å². The summed E-state index contributed by atoms with van der Waals surface area (Å²) in [5.74, 6) is -1.42. The van der Waals surface area contributed by atoms with Crippen molar-refractivity contribution in [3.8, 4) is 0 Å². The number of aliphatic carboxylic acids is 1. The van der Waals surface area contributed by atoms with Crippen LogP contribution in [0.4, 0.5) is 0 Å². The van der Waals surface area contributed by atoms with Crippen LogP contribution in [0.2, 0.25) is 0 Å². The summed E-state index contributed by atoms with van der Waals surface area (Å²) in [6.07, 6.45) is 0. The summed E-state index contributed by atoms with van der Waals surface area (Å²) in [6.45, 7) is -0.353. The van der Waals surface area contributed by atoms with E-state index in [-0.39, 0.29) is 18.6 Å². The van der Waals surface area contributed by atoms with Gasteiger partial charge in [0.25, 0.3) is 5.91 Å². The van der Waals surface area contributed by atoms with Crippen LogP contribution >= 0.6 is 0 Å². The largest absolute Gasteiger partial charge is 0.480 e. The van der Waals surface area contributed by atoms with Gasteiger partial charge in [-0.3, -0.25) is 9.59 Å². The molecule has 0 unspecified atom stereocenters. The molecule has 0 heterocycles. The molecule has 1 aromatic rings. The summed E-state index contributed by atoms with van der Waals surface area (Å²) < 4.78 is 0. The number of carbonyl (C=O) groups excluding carboxylic acids is 1. The van der Waals surface area contributed by atoms with Crippen LogP contribution in [-0.2, 0) is 4.79 Å². The molecule has 5 heteroatoms. The first kappa shape index (κ1) is 12.1. The van der Waals surface area contributed by atoms with E-state index in [4.69, 9.17) is 5.11 Å². The lowest BCUT2D eigenvalue weighted by molar-refractivity contribution is -0.135. The summed E-state index contributed by atoms with van der Waals surface area (Å²) in [7, 11) is 0. The number of amides is 1. The lowest BCUT2D eigenvalue weighted by Crippen LogP contribution is -2.29. The van der Waals surface area contributed by atoms with Gasteiger partial charge in [0.05, 0.1) is 0 Å². The smallest absolute Gasteiger partial charge is 0.322 e. The lowest BCUT2D eigenvalue weighted by Gasteiger charge is -2.00. The number of hydrogen-bond acceptors (Lipinski definition) is 2. The molecule has 0 aliphatic heterocycles. The Kier molecular flexibility index (Phi) is 4.95. The molecule has 0 radical (unpaired) electrons. The molecule has 0 aliphatic carbocycles. The fourth-order valence-corrected chi connectivity index (χ4v) is 0.847. The van der Waals surface area contributed by atoms with Crippen LogP contribution < -0.4 is 11.5 Å². The maximum atomic E-state index is 11.2. The molecule has 6 N–H and O–H groups in total.